The van der Waals surface area contributed by atoms with E-state index < -0.39 is 58.3 Å². The zero-order valence-corrected chi connectivity index (χ0v) is 22.1. The van der Waals surface area contributed by atoms with Crippen LogP contribution < -0.4 is 10.6 Å². The van der Waals surface area contributed by atoms with Crippen molar-refractivity contribution < 1.29 is 42.6 Å². The number of hydrogen-bond acceptors (Lipinski definition) is 4. The average Bonchev–Trinajstić information content (AvgIpc) is 3.08. The van der Waals surface area contributed by atoms with Crippen LogP contribution in [-0.4, -0.2) is 40.0 Å². The fraction of sp³-hybridized carbons (Fsp3) is 0.407. The van der Waals surface area contributed by atoms with E-state index in [0.29, 0.717) is 18.1 Å². The van der Waals surface area contributed by atoms with E-state index in [1.165, 1.54) is 24.3 Å². The number of rotatable bonds is 8. The Kier molecular flexibility index (Phi) is 8.35. The number of nitrogens with one attached hydrogen (secondary N) is 2. The van der Waals surface area contributed by atoms with E-state index >= 15 is 0 Å². The number of alkyl halides is 3. The van der Waals surface area contributed by atoms with Crippen LogP contribution in [0, 0.1) is 16.7 Å². The van der Waals surface area contributed by atoms with E-state index in [9.17, 15) is 42.6 Å². The summed E-state index contributed by atoms with van der Waals surface area (Å²) in [6, 6.07) is 6.99. The molecular weight excluding hydrogens is 541 g/mol. The molecule has 0 spiro atoms. The molecule has 12 heteroatoms. The maximum atomic E-state index is 13.0. The summed E-state index contributed by atoms with van der Waals surface area (Å²) in [5, 5.41) is 24.2. The molecule has 8 nitrogen and oxygen atoms in total. The molecule has 2 aromatic rings. The molecule has 0 aliphatic heterocycles. The molecule has 0 unspecified atom stereocenters. The van der Waals surface area contributed by atoms with E-state index in [1.54, 1.807) is 20.8 Å². The summed E-state index contributed by atoms with van der Waals surface area (Å²) < 4.78 is 39.0. The minimum absolute atomic E-state index is 0.0991. The summed E-state index contributed by atoms with van der Waals surface area (Å²) in [5.74, 6) is -4.39. The highest BCUT2D eigenvalue weighted by molar-refractivity contribution is 6.34. The van der Waals surface area contributed by atoms with E-state index in [4.69, 9.17) is 11.6 Å². The predicted octanol–water partition coefficient (Wildman–Crippen LogP) is 5.25. The number of anilines is 1. The number of carbonyl (C=O) groups excluding carboxylic acids is 2. The predicted molar refractivity (Wildman–Crippen MR) is 136 cm³/mol. The fourth-order valence-electron chi connectivity index (χ4n) is 4.85. The summed E-state index contributed by atoms with van der Waals surface area (Å²) in [4.78, 5) is 49.2. The second kappa shape index (κ2) is 10.9. The molecule has 39 heavy (non-hydrogen) atoms. The van der Waals surface area contributed by atoms with Gasteiger partial charge in [0, 0.05) is 18.0 Å². The Bertz CT molecular complexity index is 1300. The van der Waals surface area contributed by atoms with Gasteiger partial charge in [0.15, 0.2) is 0 Å². The minimum Gasteiger partial charge on any atom is -0.481 e. The zero-order chi connectivity index (χ0) is 29.3. The average molecular weight is 569 g/mol. The van der Waals surface area contributed by atoms with Gasteiger partial charge in [0.1, 0.15) is 6.04 Å². The number of benzene rings is 2. The van der Waals surface area contributed by atoms with Gasteiger partial charge < -0.3 is 20.8 Å². The fourth-order valence-corrected chi connectivity index (χ4v) is 5.05. The van der Waals surface area contributed by atoms with Gasteiger partial charge in [0.05, 0.1) is 21.6 Å². The summed E-state index contributed by atoms with van der Waals surface area (Å²) >= 11 is 5.91. The van der Waals surface area contributed by atoms with Crippen molar-refractivity contribution in [2.75, 3.05) is 5.32 Å². The highest BCUT2D eigenvalue weighted by Crippen LogP contribution is 2.56. The van der Waals surface area contributed by atoms with E-state index in [1.807, 2.05) is 0 Å². The molecule has 0 saturated heterocycles. The Morgan fingerprint density at radius 3 is 2.18 bits per heavy atom. The molecular formula is C27H28ClF3N2O6. The zero-order valence-electron chi connectivity index (χ0n) is 21.4. The third-order valence-corrected chi connectivity index (χ3v) is 8.15. The molecule has 3 rings (SSSR count). The number of hydrogen-bond donors (Lipinski definition) is 4. The Balaban J connectivity index is 1.69. The molecule has 1 aliphatic rings. The maximum absolute atomic E-state index is 13.0. The van der Waals surface area contributed by atoms with E-state index in [2.05, 4.69) is 10.6 Å². The SMILES string of the molecule is CC1(C)[C@@H](C(=O)N[C@@H](Cc2ccc(NC(=O)c3cc(C(F)(F)F)ccc3Cl)cc2)C(=O)O)CC[C@]1(C)C(=O)O. The van der Waals surface area contributed by atoms with Crippen LogP contribution in [0.2, 0.25) is 5.02 Å². The van der Waals surface area contributed by atoms with Gasteiger partial charge >= 0.3 is 18.1 Å². The summed E-state index contributed by atoms with van der Waals surface area (Å²) in [7, 11) is 0. The van der Waals surface area contributed by atoms with Gasteiger partial charge in [-0.25, -0.2) is 4.79 Å². The lowest BCUT2D eigenvalue weighted by atomic mass is 9.65. The third-order valence-electron chi connectivity index (χ3n) is 7.82. The minimum atomic E-state index is -4.65. The highest BCUT2D eigenvalue weighted by Gasteiger charge is 2.58. The van der Waals surface area contributed by atoms with Gasteiger partial charge in [0.2, 0.25) is 5.91 Å². The summed E-state index contributed by atoms with van der Waals surface area (Å²) in [5.41, 5.74) is -2.70. The van der Waals surface area contributed by atoms with Crippen LogP contribution in [0.3, 0.4) is 0 Å². The highest BCUT2D eigenvalue weighted by atomic mass is 35.5. The molecule has 210 valence electrons. The van der Waals surface area contributed by atoms with Gasteiger partial charge in [-0.15, -0.1) is 0 Å². The Morgan fingerprint density at radius 2 is 1.67 bits per heavy atom. The number of carboxylic acids is 2. The largest absolute Gasteiger partial charge is 0.481 e. The summed E-state index contributed by atoms with van der Waals surface area (Å²) in [6.45, 7) is 4.96. The molecule has 0 heterocycles. The van der Waals surface area contributed by atoms with Gasteiger partial charge in [-0.2, -0.15) is 13.2 Å². The Labute approximate surface area is 227 Å². The maximum Gasteiger partial charge on any atom is 0.416 e. The van der Waals surface area contributed by atoms with Crippen LogP contribution in [0.5, 0.6) is 0 Å². The lowest BCUT2D eigenvalue weighted by Crippen LogP contribution is -2.49. The van der Waals surface area contributed by atoms with Crippen LogP contribution in [0.25, 0.3) is 0 Å². The normalized spacial score (nSPS) is 21.2. The monoisotopic (exact) mass is 568 g/mol. The molecule has 1 aliphatic carbocycles. The number of halogens is 4. The topological polar surface area (TPSA) is 133 Å². The van der Waals surface area contributed by atoms with Crippen LogP contribution >= 0.6 is 11.6 Å². The van der Waals surface area contributed by atoms with Crippen molar-refractivity contribution >= 4 is 41.0 Å². The van der Waals surface area contributed by atoms with Gasteiger partial charge in [-0.1, -0.05) is 37.6 Å². The van der Waals surface area contributed by atoms with Crippen molar-refractivity contribution in [2.45, 2.75) is 52.3 Å². The Hall–Kier alpha value is -3.60. The van der Waals surface area contributed by atoms with Gasteiger partial charge in [0.25, 0.3) is 5.91 Å². The van der Waals surface area contributed by atoms with Crippen LogP contribution in [0.1, 0.15) is 55.1 Å². The van der Waals surface area contributed by atoms with Crippen molar-refractivity contribution in [2.24, 2.45) is 16.7 Å². The first-order valence-electron chi connectivity index (χ1n) is 12.0. The smallest absolute Gasteiger partial charge is 0.416 e. The van der Waals surface area contributed by atoms with Crippen molar-refractivity contribution in [1.82, 2.24) is 5.32 Å². The van der Waals surface area contributed by atoms with Crippen LogP contribution in [0.15, 0.2) is 42.5 Å². The number of aliphatic carboxylic acids is 2. The van der Waals surface area contributed by atoms with Crippen molar-refractivity contribution in [3.63, 3.8) is 0 Å². The van der Waals surface area contributed by atoms with Crippen molar-refractivity contribution in [1.29, 1.82) is 0 Å². The van der Waals surface area contributed by atoms with Gasteiger partial charge in [-0.3, -0.25) is 14.4 Å². The molecule has 3 atom stereocenters. The summed E-state index contributed by atoms with van der Waals surface area (Å²) in [6.07, 6.45) is -4.17. The second-order valence-electron chi connectivity index (χ2n) is 10.4. The van der Waals surface area contributed by atoms with E-state index in [0.717, 1.165) is 12.1 Å². The quantitative estimate of drug-likeness (QED) is 0.344. The standard InChI is InChI=1S/C27H28ClF3N2O6/c1-25(2)18(10-11-26(25,3)24(38)39)22(35)33-20(23(36)37)12-14-4-7-16(8-5-14)32-21(34)17-13-15(27(29,30)31)6-9-19(17)28/h4-9,13,18,20H,10-12H2,1-3H3,(H,32,34)(H,33,35)(H,36,37)(H,38,39)/t18-,20+,26-/m1/s1. The molecule has 0 radical (unpaired) electrons. The molecule has 0 aromatic heterocycles. The molecule has 2 aromatic carbocycles. The molecule has 4 N–H and O–H groups in total. The molecule has 0 bridgehead atoms. The lowest BCUT2D eigenvalue weighted by molar-refractivity contribution is -0.155. The first kappa shape index (κ1) is 29.9. The lowest BCUT2D eigenvalue weighted by Gasteiger charge is -2.38. The van der Waals surface area contributed by atoms with Crippen LogP contribution in [-0.2, 0) is 27.0 Å². The number of amides is 2. The second-order valence-corrected chi connectivity index (χ2v) is 10.8. The van der Waals surface area contributed by atoms with Crippen LogP contribution in [0.4, 0.5) is 18.9 Å². The number of carbonyl (C=O) groups is 4. The van der Waals surface area contributed by atoms with Crippen molar-refractivity contribution in [3.05, 3.63) is 64.2 Å². The third kappa shape index (κ3) is 6.19. The number of carboxylic acid groups (broad SMARTS) is 2. The van der Waals surface area contributed by atoms with Crippen molar-refractivity contribution in [3.8, 4) is 0 Å². The molecule has 2 amide bonds. The van der Waals surface area contributed by atoms with Gasteiger partial charge in [-0.05, 0) is 61.1 Å². The molecule has 1 saturated carbocycles. The first-order chi connectivity index (χ1) is 18.0. The Morgan fingerprint density at radius 1 is 1.05 bits per heavy atom. The molecule has 1 fully saturated rings. The van der Waals surface area contributed by atoms with E-state index in [-0.39, 0.29) is 29.1 Å². The first-order valence-corrected chi connectivity index (χ1v) is 12.4.